The van der Waals surface area contributed by atoms with E-state index in [0.717, 1.165) is 35.6 Å². The summed E-state index contributed by atoms with van der Waals surface area (Å²) in [4.78, 5) is 4.41. The zero-order chi connectivity index (χ0) is 13.8. The van der Waals surface area contributed by atoms with E-state index in [4.69, 9.17) is 0 Å². The zero-order valence-electron chi connectivity index (χ0n) is 11.5. The third kappa shape index (κ3) is 2.73. The first-order valence-corrected chi connectivity index (χ1v) is 6.79. The van der Waals surface area contributed by atoms with Crippen LogP contribution in [0, 0.1) is 18.8 Å². The molecule has 0 radical (unpaired) electrons. The van der Waals surface area contributed by atoms with Gasteiger partial charge in [0.25, 0.3) is 0 Å². The summed E-state index contributed by atoms with van der Waals surface area (Å²) in [5.41, 5.74) is 4.44. The van der Waals surface area contributed by atoms with Gasteiger partial charge in [-0.05, 0) is 30.7 Å². The minimum atomic E-state index is 0.865. The first-order chi connectivity index (χ1) is 9.83. The molecule has 20 heavy (non-hydrogen) atoms. The fraction of sp³-hybridized carbons (Fsp3) is 0.167. The molecule has 0 saturated carbocycles. The van der Waals surface area contributed by atoms with Gasteiger partial charge in [-0.3, -0.25) is 4.99 Å². The lowest BCUT2D eigenvalue weighted by Gasteiger charge is -2.01. The minimum absolute atomic E-state index is 0.865. The van der Waals surface area contributed by atoms with Crippen molar-refractivity contribution in [2.24, 2.45) is 4.99 Å². The van der Waals surface area contributed by atoms with E-state index in [-0.39, 0.29) is 0 Å². The van der Waals surface area contributed by atoms with Gasteiger partial charge in [-0.1, -0.05) is 42.2 Å². The molecule has 0 amide bonds. The average Bonchev–Trinajstić information content (AvgIpc) is 3.01. The Morgan fingerprint density at radius 1 is 1.00 bits per heavy atom. The molecule has 3 rings (SSSR count). The van der Waals surface area contributed by atoms with Crippen LogP contribution in [0.15, 0.2) is 53.5 Å². The van der Waals surface area contributed by atoms with Crippen molar-refractivity contribution in [2.45, 2.75) is 6.92 Å². The lowest BCUT2D eigenvalue weighted by atomic mass is 10.1. The topological polar surface area (TPSA) is 24.4 Å². The summed E-state index contributed by atoms with van der Waals surface area (Å²) >= 11 is 0. The smallest absolute Gasteiger partial charge is 0.128 e. The molecular formula is C18H16N2. The molecule has 0 aliphatic carbocycles. The molecule has 1 N–H and O–H groups in total. The van der Waals surface area contributed by atoms with Crippen molar-refractivity contribution in [1.82, 2.24) is 5.32 Å². The number of nitrogens with zero attached hydrogens (tertiary/aromatic N) is 1. The van der Waals surface area contributed by atoms with Gasteiger partial charge in [0.2, 0.25) is 0 Å². The molecule has 0 unspecified atom stereocenters. The fourth-order valence-corrected chi connectivity index (χ4v) is 2.16. The quantitative estimate of drug-likeness (QED) is 0.783. The van der Waals surface area contributed by atoms with Gasteiger partial charge in [-0.15, -0.1) is 0 Å². The molecule has 2 heteroatoms. The molecule has 2 aromatic rings. The van der Waals surface area contributed by atoms with Gasteiger partial charge < -0.3 is 5.32 Å². The summed E-state index contributed by atoms with van der Waals surface area (Å²) in [6.07, 6.45) is 0. The monoisotopic (exact) mass is 260 g/mol. The molecule has 0 spiro atoms. The van der Waals surface area contributed by atoms with Gasteiger partial charge in [0.15, 0.2) is 0 Å². The largest absolute Gasteiger partial charge is 0.368 e. The highest BCUT2D eigenvalue weighted by atomic mass is 15.1. The Morgan fingerprint density at radius 2 is 1.80 bits per heavy atom. The van der Waals surface area contributed by atoms with Gasteiger partial charge in [0.05, 0.1) is 6.54 Å². The minimum Gasteiger partial charge on any atom is -0.368 e. The number of aliphatic imine (C=N–C) groups is 1. The van der Waals surface area contributed by atoms with Crippen LogP contribution >= 0.6 is 0 Å². The van der Waals surface area contributed by atoms with Gasteiger partial charge >= 0.3 is 0 Å². The highest BCUT2D eigenvalue weighted by molar-refractivity contribution is 5.99. The van der Waals surface area contributed by atoms with Crippen LogP contribution in [0.1, 0.15) is 22.3 Å². The van der Waals surface area contributed by atoms with Gasteiger partial charge in [-0.2, -0.15) is 0 Å². The summed E-state index contributed by atoms with van der Waals surface area (Å²) in [5.74, 6) is 7.42. The summed E-state index contributed by atoms with van der Waals surface area (Å²) in [5, 5.41) is 3.27. The number of rotatable bonds is 1. The van der Waals surface area contributed by atoms with Crippen LogP contribution in [0.3, 0.4) is 0 Å². The van der Waals surface area contributed by atoms with Crippen LogP contribution in [-0.2, 0) is 0 Å². The van der Waals surface area contributed by atoms with E-state index in [1.165, 1.54) is 5.56 Å². The number of benzene rings is 2. The predicted molar refractivity (Wildman–Crippen MR) is 83.0 cm³/mol. The molecule has 1 aliphatic rings. The van der Waals surface area contributed by atoms with Crippen molar-refractivity contribution >= 4 is 5.84 Å². The standard InChI is InChI=1S/C18H16N2/c1-14-4-2-3-5-16(14)9-6-15-7-10-17(11-8-15)18-19-12-13-20-18/h2-5,7-8,10-11H,12-13H2,1H3,(H,19,20). The van der Waals surface area contributed by atoms with Crippen molar-refractivity contribution in [3.8, 4) is 11.8 Å². The van der Waals surface area contributed by atoms with E-state index in [1.807, 2.05) is 30.3 Å². The zero-order valence-corrected chi connectivity index (χ0v) is 11.5. The molecule has 0 aromatic heterocycles. The van der Waals surface area contributed by atoms with E-state index >= 15 is 0 Å². The van der Waals surface area contributed by atoms with Crippen molar-refractivity contribution < 1.29 is 0 Å². The maximum absolute atomic E-state index is 4.41. The van der Waals surface area contributed by atoms with E-state index in [0.29, 0.717) is 0 Å². The summed E-state index contributed by atoms with van der Waals surface area (Å²) in [7, 11) is 0. The van der Waals surface area contributed by atoms with Crippen LogP contribution in [0.5, 0.6) is 0 Å². The van der Waals surface area contributed by atoms with Crippen molar-refractivity contribution in [1.29, 1.82) is 0 Å². The molecule has 0 atom stereocenters. The molecule has 2 nitrogen and oxygen atoms in total. The van der Waals surface area contributed by atoms with Crippen molar-refractivity contribution in [3.63, 3.8) is 0 Å². The van der Waals surface area contributed by atoms with Gasteiger partial charge in [-0.25, -0.2) is 0 Å². The lowest BCUT2D eigenvalue weighted by molar-refractivity contribution is 0.960. The molecule has 2 aromatic carbocycles. The molecule has 1 heterocycles. The van der Waals surface area contributed by atoms with Crippen molar-refractivity contribution in [3.05, 3.63) is 70.8 Å². The maximum Gasteiger partial charge on any atom is 0.128 e. The summed E-state index contributed by atoms with van der Waals surface area (Å²) in [6.45, 7) is 3.88. The van der Waals surface area contributed by atoms with E-state index in [2.05, 4.69) is 47.3 Å². The molecule has 98 valence electrons. The predicted octanol–water partition coefficient (Wildman–Crippen LogP) is 2.74. The summed E-state index contributed by atoms with van der Waals surface area (Å²) < 4.78 is 0. The van der Waals surface area contributed by atoms with Crippen LogP contribution in [-0.4, -0.2) is 18.9 Å². The number of nitrogens with one attached hydrogen (secondary N) is 1. The Hall–Kier alpha value is -2.53. The van der Waals surface area contributed by atoms with Gasteiger partial charge in [0.1, 0.15) is 5.84 Å². The molecule has 1 aliphatic heterocycles. The third-order valence-electron chi connectivity index (χ3n) is 3.32. The van der Waals surface area contributed by atoms with E-state index in [9.17, 15) is 0 Å². The third-order valence-corrected chi connectivity index (χ3v) is 3.32. The van der Waals surface area contributed by atoms with Crippen LogP contribution in [0.25, 0.3) is 0 Å². The molecule has 0 fully saturated rings. The second-order valence-corrected chi connectivity index (χ2v) is 4.80. The number of hydrogen-bond acceptors (Lipinski definition) is 2. The number of aryl methyl sites for hydroxylation is 1. The first-order valence-electron chi connectivity index (χ1n) is 6.79. The van der Waals surface area contributed by atoms with Crippen LogP contribution in [0.4, 0.5) is 0 Å². The van der Waals surface area contributed by atoms with E-state index in [1.54, 1.807) is 0 Å². The Labute approximate surface area is 119 Å². The van der Waals surface area contributed by atoms with Crippen LogP contribution < -0.4 is 5.32 Å². The number of hydrogen-bond donors (Lipinski definition) is 1. The first kappa shape index (κ1) is 12.5. The lowest BCUT2D eigenvalue weighted by Crippen LogP contribution is -2.19. The fourth-order valence-electron chi connectivity index (χ4n) is 2.16. The Kier molecular flexibility index (Phi) is 3.52. The second kappa shape index (κ2) is 5.63. The normalized spacial score (nSPS) is 13.2. The van der Waals surface area contributed by atoms with E-state index < -0.39 is 0 Å². The Bertz CT molecular complexity index is 700. The summed E-state index contributed by atoms with van der Waals surface area (Å²) in [6, 6.07) is 16.4. The highest BCUT2D eigenvalue weighted by Crippen LogP contribution is 2.08. The van der Waals surface area contributed by atoms with Crippen molar-refractivity contribution in [2.75, 3.05) is 13.1 Å². The maximum atomic E-state index is 4.41. The second-order valence-electron chi connectivity index (χ2n) is 4.80. The highest BCUT2D eigenvalue weighted by Gasteiger charge is 2.06. The number of amidine groups is 1. The van der Waals surface area contributed by atoms with Crippen LogP contribution in [0.2, 0.25) is 0 Å². The molecule has 0 bridgehead atoms. The average molecular weight is 260 g/mol. The molecular weight excluding hydrogens is 244 g/mol. The molecule has 0 saturated heterocycles. The SMILES string of the molecule is Cc1ccccc1C#Cc1ccc(C2=NCCN2)cc1. The Balaban J connectivity index is 1.81. The Morgan fingerprint density at radius 3 is 2.50 bits per heavy atom. The van der Waals surface area contributed by atoms with Gasteiger partial charge in [0, 0.05) is 23.2 Å².